The summed E-state index contributed by atoms with van der Waals surface area (Å²) in [6.45, 7) is 10.6. The Morgan fingerprint density at radius 1 is 0.667 bits per heavy atom. The Labute approximate surface area is 215 Å². The van der Waals surface area contributed by atoms with E-state index in [0.29, 0.717) is 22.6 Å². The second-order valence-corrected chi connectivity index (χ2v) is 10.7. The summed E-state index contributed by atoms with van der Waals surface area (Å²) in [6, 6.07) is 15.9. The number of carbonyl (C=O) groups excluding carboxylic acids is 2. The number of benzene rings is 2. The normalized spacial score (nSPS) is 18.3. The van der Waals surface area contributed by atoms with Gasteiger partial charge in [0.1, 0.15) is 11.5 Å². The van der Waals surface area contributed by atoms with Gasteiger partial charge in [0.2, 0.25) is 0 Å². The van der Waals surface area contributed by atoms with Gasteiger partial charge in [0.05, 0.1) is 0 Å². The highest BCUT2D eigenvalue weighted by Crippen LogP contribution is 2.50. The van der Waals surface area contributed by atoms with E-state index in [4.69, 9.17) is 9.47 Å². The summed E-state index contributed by atoms with van der Waals surface area (Å²) < 4.78 is 10.9. The first-order chi connectivity index (χ1) is 17.3. The van der Waals surface area contributed by atoms with E-state index in [1.54, 1.807) is 13.8 Å². The first-order valence-electron chi connectivity index (χ1n) is 13.2. The van der Waals surface area contributed by atoms with Gasteiger partial charge in [-0.05, 0) is 86.8 Å². The molecule has 190 valence electrons. The van der Waals surface area contributed by atoms with Crippen LogP contribution >= 0.6 is 0 Å². The molecule has 4 nitrogen and oxygen atoms in total. The lowest BCUT2D eigenvalue weighted by Gasteiger charge is -2.44. The molecule has 2 aliphatic carbocycles. The highest BCUT2D eigenvalue weighted by atomic mass is 16.5. The molecule has 0 radical (unpaired) electrons. The Morgan fingerprint density at radius 3 is 1.44 bits per heavy atom. The number of carbonyl (C=O) groups is 2. The average Bonchev–Trinajstić information content (AvgIpc) is 2.90. The Kier molecular flexibility index (Phi) is 8.13. The van der Waals surface area contributed by atoms with Crippen LogP contribution in [0.4, 0.5) is 0 Å². The molecule has 0 saturated heterocycles. The lowest BCUT2D eigenvalue weighted by molar-refractivity contribution is -0.130. The van der Waals surface area contributed by atoms with Crippen molar-refractivity contribution < 1.29 is 19.1 Å². The molecule has 4 heteroatoms. The van der Waals surface area contributed by atoms with Crippen LogP contribution < -0.4 is 9.47 Å². The van der Waals surface area contributed by atoms with E-state index in [1.165, 1.54) is 56.1 Å². The minimum absolute atomic E-state index is 0.126. The first kappa shape index (κ1) is 25.9. The van der Waals surface area contributed by atoms with Crippen LogP contribution in [0.3, 0.4) is 0 Å². The van der Waals surface area contributed by atoms with E-state index >= 15 is 0 Å². The molecule has 2 aliphatic rings. The highest BCUT2D eigenvalue weighted by molar-refractivity contribution is 5.89. The maximum absolute atomic E-state index is 12.0. The molecule has 0 amide bonds. The average molecular weight is 487 g/mol. The lowest BCUT2D eigenvalue weighted by atomic mass is 9.60. The number of esters is 2. The second kappa shape index (κ2) is 11.3. The molecular weight excluding hydrogens is 448 g/mol. The van der Waals surface area contributed by atoms with Gasteiger partial charge in [-0.2, -0.15) is 0 Å². The monoisotopic (exact) mass is 486 g/mol. The van der Waals surface area contributed by atoms with E-state index in [-0.39, 0.29) is 5.41 Å². The Bertz CT molecular complexity index is 1020. The molecule has 2 aromatic carbocycles. The van der Waals surface area contributed by atoms with Crippen molar-refractivity contribution in [1.82, 2.24) is 0 Å². The molecule has 0 unspecified atom stereocenters. The molecule has 0 bridgehead atoms. The van der Waals surface area contributed by atoms with Gasteiger partial charge in [0.25, 0.3) is 0 Å². The van der Waals surface area contributed by atoms with Crippen molar-refractivity contribution in [2.24, 2.45) is 11.8 Å². The van der Waals surface area contributed by atoms with Crippen molar-refractivity contribution >= 4 is 11.9 Å². The van der Waals surface area contributed by atoms with Gasteiger partial charge in [-0.3, -0.25) is 0 Å². The molecule has 0 spiro atoms. The Morgan fingerprint density at radius 2 is 1.06 bits per heavy atom. The van der Waals surface area contributed by atoms with Crippen LogP contribution in [0.15, 0.2) is 72.8 Å². The fourth-order valence-corrected chi connectivity index (χ4v) is 6.03. The van der Waals surface area contributed by atoms with Gasteiger partial charge in [0, 0.05) is 16.6 Å². The minimum atomic E-state index is -0.412. The number of rotatable bonds is 7. The third-order valence-corrected chi connectivity index (χ3v) is 8.13. The maximum atomic E-state index is 12.0. The van der Waals surface area contributed by atoms with Gasteiger partial charge >= 0.3 is 11.9 Å². The zero-order valence-electron chi connectivity index (χ0n) is 21.7. The quantitative estimate of drug-likeness (QED) is 0.228. The fraction of sp³-hybridized carbons (Fsp3) is 0.438. The molecule has 0 atom stereocenters. The van der Waals surface area contributed by atoms with Gasteiger partial charge < -0.3 is 9.47 Å². The largest absolute Gasteiger partial charge is 0.423 e. The molecule has 0 aromatic heterocycles. The second-order valence-electron chi connectivity index (χ2n) is 10.7. The third kappa shape index (κ3) is 5.80. The van der Waals surface area contributed by atoms with Crippen molar-refractivity contribution in [3.63, 3.8) is 0 Å². The first-order valence-corrected chi connectivity index (χ1v) is 13.2. The molecule has 2 fully saturated rings. The van der Waals surface area contributed by atoms with Crippen molar-refractivity contribution in [3.05, 3.63) is 84.0 Å². The lowest BCUT2D eigenvalue weighted by Crippen LogP contribution is -2.35. The SMILES string of the molecule is C=C(C)C(=O)Oc1ccc(C2(c3ccc(OC(=O)C(=C)C)cc3)CCC(C3CCCCC3)CC2)cc1. The summed E-state index contributed by atoms with van der Waals surface area (Å²) in [7, 11) is 0. The standard InChI is InChI=1S/C32H38O4/c1-22(2)30(33)35-28-14-10-26(11-15-28)32(20-18-25(19-21-32)24-8-6-5-7-9-24)27-12-16-29(17-13-27)36-31(34)23(3)4/h10-17,24-25H,1,3,5-9,18-21H2,2,4H3. The van der Waals surface area contributed by atoms with Crippen LogP contribution in [0, 0.1) is 11.8 Å². The molecule has 0 heterocycles. The van der Waals surface area contributed by atoms with Crippen molar-refractivity contribution in [3.8, 4) is 11.5 Å². The molecule has 0 N–H and O–H groups in total. The van der Waals surface area contributed by atoms with Crippen LogP contribution in [0.25, 0.3) is 0 Å². The topological polar surface area (TPSA) is 52.6 Å². The zero-order chi connectivity index (χ0) is 25.7. The maximum Gasteiger partial charge on any atom is 0.338 e. The minimum Gasteiger partial charge on any atom is -0.423 e. The van der Waals surface area contributed by atoms with Gasteiger partial charge in [-0.25, -0.2) is 9.59 Å². The van der Waals surface area contributed by atoms with Crippen LogP contribution in [-0.4, -0.2) is 11.9 Å². The predicted molar refractivity (Wildman–Crippen MR) is 143 cm³/mol. The fourth-order valence-electron chi connectivity index (χ4n) is 6.03. The number of hydrogen-bond acceptors (Lipinski definition) is 4. The Balaban J connectivity index is 1.60. The van der Waals surface area contributed by atoms with Crippen molar-refractivity contribution in [1.29, 1.82) is 0 Å². The van der Waals surface area contributed by atoms with Gasteiger partial charge in [0.15, 0.2) is 0 Å². The predicted octanol–water partition coefficient (Wildman–Crippen LogP) is 7.71. The van der Waals surface area contributed by atoms with Crippen LogP contribution in [-0.2, 0) is 15.0 Å². The molecule has 36 heavy (non-hydrogen) atoms. The van der Waals surface area contributed by atoms with Gasteiger partial charge in [-0.1, -0.05) is 69.5 Å². The molecule has 2 aromatic rings. The molecular formula is C32H38O4. The summed E-state index contributed by atoms with van der Waals surface area (Å²) in [6.07, 6.45) is 11.5. The van der Waals surface area contributed by atoms with E-state index in [0.717, 1.165) is 24.7 Å². The molecule has 2 saturated carbocycles. The Hall–Kier alpha value is -3.14. The van der Waals surface area contributed by atoms with Crippen molar-refractivity contribution in [2.75, 3.05) is 0 Å². The van der Waals surface area contributed by atoms with E-state index in [1.807, 2.05) is 24.3 Å². The zero-order valence-corrected chi connectivity index (χ0v) is 21.7. The number of hydrogen-bond donors (Lipinski definition) is 0. The van der Waals surface area contributed by atoms with Crippen LogP contribution in [0.5, 0.6) is 11.5 Å². The molecule has 0 aliphatic heterocycles. The third-order valence-electron chi connectivity index (χ3n) is 8.13. The summed E-state index contributed by atoms with van der Waals surface area (Å²) in [5, 5.41) is 0. The number of ether oxygens (including phenoxy) is 2. The van der Waals surface area contributed by atoms with E-state index in [2.05, 4.69) is 37.4 Å². The van der Waals surface area contributed by atoms with Crippen LogP contribution in [0.1, 0.15) is 82.8 Å². The summed E-state index contributed by atoms with van der Waals surface area (Å²) in [5.41, 5.74) is 3.09. The highest BCUT2D eigenvalue weighted by Gasteiger charge is 2.40. The van der Waals surface area contributed by atoms with E-state index < -0.39 is 11.9 Å². The summed E-state index contributed by atoms with van der Waals surface area (Å²) in [5.74, 6) is 1.89. The van der Waals surface area contributed by atoms with E-state index in [9.17, 15) is 9.59 Å². The summed E-state index contributed by atoms with van der Waals surface area (Å²) >= 11 is 0. The molecule has 4 rings (SSSR count). The smallest absolute Gasteiger partial charge is 0.338 e. The van der Waals surface area contributed by atoms with Crippen molar-refractivity contribution in [2.45, 2.75) is 77.0 Å². The van der Waals surface area contributed by atoms with Crippen LogP contribution in [0.2, 0.25) is 0 Å². The van der Waals surface area contributed by atoms with Gasteiger partial charge in [-0.15, -0.1) is 0 Å². The summed E-state index contributed by atoms with van der Waals surface area (Å²) in [4.78, 5) is 23.9.